The Labute approximate surface area is 373 Å². The number of aryl methyl sites for hydroxylation is 1. The second kappa shape index (κ2) is 21.9. The molecule has 6 N–H and O–H groups in total. The molecule has 13 nitrogen and oxygen atoms in total. The molecule has 61 heavy (non-hydrogen) atoms. The molecule has 320 valence electrons. The van der Waals surface area contributed by atoms with Gasteiger partial charge in [0.05, 0.1) is 25.5 Å². The van der Waals surface area contributed by atoms with Crippen molar-refractivity contribution >= 4 is 58.6 Å². The molecule has 0 saturated carbocycles. The number of halogens is 2. The maximum atomic E-state index is 12.7. The number of anilines is 2. The molecule has 3 amide bonds. The number of ether oxygens (including phenoxy) is 2. The van der Waals surface area contributed by atoms with E-state index in [4.69, 9.17) is 27.8 Å². The first-order valence-corrected chi connectivity index (χ1v) is 21.4. The zero-order valence-electron chi connectivity index (χ0n) is 35.1. The molecule has 2 heterocycles. The summed E-state index contributed by atoms with van der Waals surface area (Å²) in [6.45, 7) is 5.16. The molecule has 0 fully saturated rings. The molecule has 0 bridgehead atoms. The Bertz CT molecular complexity index is 2420. The fraction of sp³-hybridized carbons (Fsp3) is 0.217. The summed E-state index contributed by atoms with van der Waals surface area (Å²) in [4.78, 5) is 70.4. The second-order valence-corrected chi connectivity index (χ2v) is 14.2. The Kier molecular flexibility index (Phi) is 16.5. The molecular formula is C46H47ClIN4O9-. The van der Waals surface area contributed by atoms with Crippen molar-refractivity contribution in [3.8, 4) is 0 Å². The van der Waals surface area contributed by atoms with Crippen LogP contribution in [-0.4, -0.2) is 65.5 Å². The van der Waals surface area contributed by atoms with Crippen molar-refractivity contribution in [2.75, 3.05) is 22.7 Å². The zero-order valence-corrected chi connectivity index (χ0v) is 37.0. The van der Waals surface area contributed by atoms with Crippen molar-refractivity contribution in [1.29, 1.82) is 0.594 Å². The molecule has 0 radical (unpaired) electrons. The van der Waals surface area contributed by atoms with Crippen LogP contribution < -0.4 is 44.1 Å². The minimum absolute atomic E-state index is 0.0856. The number of alkyl halides is 1. The van der Waals surface area contributed by atoms with E-state index in [-0.39, 0.29) is 45.7 Å². The molecular weight excluding hydrogens is 915 g/mol. The van der Waals surface area contributed by atoms with Crippen LogP contribution >= 0.6 is 11.6 Å². The van der Waals surface area contributed by atoms with E-state index in [0.717, 1.165) is 27.8 Å². The standard InChI is InChI=1S/C23H22ClNO2.C13H14N2O4.C9H7NO3.CH4I/c1-16-12-14-19(15-13-16)23(27-22(26)17(2)25,18-8-4-3-5-9-18)20-10-6-7-11-21(20)24;1-7(13(18)19-2)14-12(17)9-4-3-8-6-11(16)15-10(8)5-9;11-8-4-5-1-2-6(9(12)13)3-7(5)10-8;1-2/h3-15,17H,25H2,1-2H3;3-5,7H,6H2,1-2H3,(H,14,17)(H,15,16);1-3H,4H2,(H,10,11)(H,12,13);2H,1H3/q;;;-1/i;;;2D. The number of fused-ring (bicyclic) bond motifs is 2. The van der Waals surface area contributed by atoms with Crippen LogP contribution in [0.5, 0.6) is 0 Å². The fourth-order valence-corrected chi connectivity index (χ4v) is 6.59. The quantitative estimate of drug-likeness (QED) is 0.0633. The first kappa shape index (κ1) is 46.0. The predicted molar refractivity (Wildman–Crippen MR) is 229 cm³/mol. The topological polar surface area (TPSA) is 203 Å². The number of carboxylic acid groups (broad SMARTS) is 1. The number of hydrogen-bond acceptors (Lipinski definition) is 9. The number of nitrogens with two attached hydrogens (primary N) is 1. The number of amides is 3. The van der Waals surface area contributed by atoms with Crippen LogP contribution in [0.3, 0.4) is 0 Å². The van der Waals surface area contributed by atoms with Gasteiger partial charge in [0.25, 0.3) is 5.91 Å². The summed E-state index contributed by atoms with van der Waals surface area (Å²) in [6.07, 6.45) is 0.672. The van der Waals surface area contributed by atoms with Gasteiger partial charge >= 0.3 is 45.8 Å². The third kappa shape index (κ3) is 12.0. The van der Waals surface area contributed by atoms with Crippen LogP contribution in [0.4, 0.5) is 11.4 Å². The molecule has 3 unspecified atom stereocenters. The van der Waals surface area contributed by atoms with Crippen LogP contribution in [0.2, 0.25) is 5.02 Å². The van der Waals surface area contributed by atoms with E-state index >= 15 is 0 Å². The molecule has 0 aromatic heterocycles. The number of rotatable bonds is 9. The number of benzene rings is 5. The molecule has 0 spiro atoms. The van der Waals surface area contributed by atoms with E-state index in [0.29, 0.717) is 40.4 Å². The molecule has 5 aromatic rings. The molecule has 3 atom stereocenters. The van der Waals surface area contributed by atoms with Gasteiger partial charge in [-0.15, -0.1) is 0 Å². The summed E-state index contributed by atoms with van der Waals surface area (Å²) in [5, 5.41) is 17.0. The normalized spacial score (nSPS) is 14.0. The average molecular weight is 963 g/mol. The van der Waals surface area contributed by atoms with Gasteiger partial charge in [-0.05, 0) is 62.2 Å². The van der Waals surface area contributed by atoms with Gasteiger partial charge in [-0.1, -0.05) is 102 Å². The van der Waals surface area contributed by atoms with Gasteiger partial charge in [0.2, 0.25) is 11.8 Å². The summed E-state index contributed by atoms with van der Waals surface area (Å²) < 4.78 is 17.0. The number of esters is 2. The van der Waals surface area contributed by atoms with Gasteiger partial charge < -0.3 is 36.3 Å². The van der Waals surface area contributed by atoms with E-state index < -0.39 is 35.6 Å². The Balaban J connectivity index is 0.000000210. The van der Waals surface area contributed by atoms with Crippen LogP contribution in [0.15, 0.2) is 115 Å². The molecule has 7 rings (SSSR count). The van der Waals surface area contributed by atoms with Crippen molar-refractivity contribution in [3.63, 3.8) is 0 Å². The van der Waals surface area contributed by atoms with Gasteiger partial charge in [0.15, 0.2) is 5.60 Å². The van der Waals surface area contributed by atoms with Crippen molar-refractivity contribution in [2.45, 2.75) is 51.3 Å². The van der Waals surface area contributed by atoms with Crippen molar-refractivity contribution in [1.82, 2.24) is 5.32 Å². The Morgan fingerprint density at radius 3 is 1.84 bits per heavy atom. The summed E-state index contributed by atoms with van der Waals surface area (Å²) in [5.74, 6) is -2.55. The van der Waals surface area contributed by atoms with Crippen molar-refractivity contribution in [3.05, 3.63) is 165 Å². The first-order chi connectivity index (χ1) is 29.5. The number of nitrogens with one attached hydrogen (secondary N) is 3. The Morgan fingerprint density at radius 2 is 1.31 bits per heavy atom. The van der Waals surface area contributed by atoms with Gasteiger partial charge in [-0.2, -0.15) is 0 Å². The van der Waals surface area contributed by atoms with E-state index in [1.807, 2.05) is 84.7 Å². The number of hydrogen-bond donors (Lipinski definition) is 5. The molecule has 2 aliphatic heterocycles. The number of carbonyl (C=O) groups is 6. The van der Waals surface area contributed by atoms with Crippen molar-refractivity contribution in [2.24, 2.45) is 5.73 Å². The summed E-state index contributed by atoms with van der Waals surface area (Å²) in [6, 6.07) is 33.0. The van der Waals surface area contributed by atoms with Gasteiger partial charge in [0, 0.05) is 38.7 Å². The summed E-state index contributed by atoms with van der Waals surface area (Å²) in [5.41, 5.74) is 11.6. The average Bonchev–Trinajstić information content (AvgIpc) is 3.83. The predicted octanol–water partition coefficient (Wildman–Crippen LogP) is 3.08. The SMILES string of the molecule is COC(=O)C(C)NC(=O)c1ccc2c(c1)NC(=O)C2.Cc1ccc(C(OC(=O)C(C)N)(c2ccccc2)c2ccccc2Cl)cc1.O=C1Cc2ccc(C(=O)O)cc2N1.[2H][I-]C. The number of carbonyl (C=O) groups excluding carboxylic acids is 5. The number of aromatic carboxylic acids is 1. The molecule has 0 aliphatic carbocycles. The van der Waals surface area contributed by atoms with Crippen molar-refractivity contribution < 1.29 is 65.7 Å². The zero-order chi connectivity index (χ0) is 45.6. The van der Waals surface area contributed by atoms with Crippen LogP contribution in [0.1, 0.15) is 67.9 Å². The van der Waals surface area contributed by atoms with Gasteiger partial charge in [-0.25, -0.2) is 9.59 Å². The molecule has 5 aromatic carbocycles. The van der Waals surface area contributed by atoms with E-state index in [2.05, 4.69) is 20.7 Å². The second-order valence-electron chi connectivity index (χ2n) is 13.8. The Hall–Kier alpha value is -6.10. The van der Waals surface area contributed by atoms with Crippen LogP contribution in [-0.2, 0) is 47.1 Å². The molecule has 0 saturated heterocycles. The third-order valence-corrected chi connectivity index (χ3v) is 9.73. The Morgan fingerprint density at radius 1 is 0.803 bits per heavy atom. The van der Waals surface area contributed by atoms with Gasteiger partial charge in [-0.3, -0.25) is 19.2 Å². The van der Waals surface area contributed by atoms with Crippen LogP contribution in [0.25, 0.3) is 0 Å². The first-order valence-electron chi connectivity index (χ1n) is 19.2. The number of carboxylic acids is 1. The van der Waals surface area contributed by atoms with E-state index in [9.17, 15) is 28.8 Å². The fourth-order valence-electron chi connectivity index (χ4n) is 6.32. The summed E-state index contributed by atoms with van der Waals surface area (Å²) >= 11 is 6.42. The monoisotopic (exact) mass is 962 g/mol. The maximum absolute atomic E-state index is 12.7. The van der Waals surface area contributed by atoms with Crippen LogP contribution in [0, 0.1) is 6.92 Å². The molecule has 15 heteroatoms. The number of methoxy groups -OCH3 is 1. The minimum atomic E-state index is -1.20. The summed E-state index contributed by atoms with van der Waals surface area (Å²) in [7, 11) is 1.26. The van der Waals surface area contributed by atoms with E-state index in [1.54, 1.807) is 44.2 Å². The molecule has 2 aliphatic rings. The van der Waals surface area contributed by atoms with E-state index in [1.165, 1.54) is 19.2 Å². The van der Waals surface area contributed by atoms with Gasteiger partial charge in [0.1, 0.15) is 12.1 Å². The third-order valence-electron chi connectivity index (χ3n) is 9.40.